The highest BCUT2D eigenvalue weighted by Gasteiger charge is 2.33. The lowest BCUT2D eigenvalue weighted by atomic mass is 10.0. The van der Waals surface area contributed by atoms with Crippen LogP contribution in [-0.4, -0.2) is 20.7 Å². The Bertz CT molecular complexity index is 417. The van der Waals surface area contributed by atoms with Crippen molar-refractivity contribution in [2.75, 3.05) is 25.6 Å². The number of ether oxygens (including phenoxy) is 1. The molecule has 3 nitrogen and oxygen atoms in total. The van der Waals surface area contributed by atoms with Crippen LogP contribution in [-0.2, 0) is 0 Å². The van der Waals surface area contributed by atoms with Gasteiger partial charge in [-0.15, -0.1) is 0 Å². The summed E-state index contributed by atoms with van der Waals surface area (Å²) in [4.78, 5) is 2.31. The summed E-state index contributed by atoms with van der Waals surface area (Å²) in [5, 5.41) is 0. The maximum Gasteiger partial charge on any atom is 0.125 e. The number of benzene rings is 1. The molecule has 18 heavy (non-hydrogen) atoms. The van der Waals surface area contributed by atoms with Gasteiger partial charge < -0.3 is 15.4 Å². The zero-order valence-electron chi connectivity index (χ0n) is 11.8. The van der Waals surface area contributed by atoms with Gasteiger partial charge in [0.25, 0.3) is 0 Å². The van der Waals surface area contributed by atoms with E-state index in [0.717, 1.165) is 29.7 Å². The van der Waals surface area contributed by atoms with E-state index in [2.05, 4.69) is 24.9 Å². The minimum absolute atomic E-state index is 0.0183. The normalized spacial score (nSPS) is 23.6. The summed E-state index contributed by atoms with van der Waals surface area (Å²) in [6.07, 6.45) is 1.35. The second-order valence-electron chi connectivity index (χ2n) is 5.54. The molecular formula is C15H24N2O. The van der Waals surface area contributed by atoms with Gasteiger partial charge in [0.2, 0.25) is 0 Å². The molecule has 3 unspecified atom stereocenters. The van der Waals surface area contributed by atoms with E-state index in [4.69, 9.17) is 10.5 Å². The molecule has 1 fully saturated rings. The Hall–Kier alpha value is -1.22. The zero-order valence-corrected chi connectivity index (χ0v) is 11.8. The van der Waals surface area contributed by atoms with Crippen LogP contribution >= 0.6 is 0 Å². The third-order valence-corrected chi connectivity index (χ3v) is 3.91. The largest absolute Gasteiger partial charge is 0.496 e. The van der Waals surface area contributed by atoms with Gasteiger partial charge in [-0.05, 0) is 37.3 Å². The van der Waals surface area contributed by atoms with Gasteiger partial charge in [-0.1, -0.05) is 13.0 Å². The average molecular weight is 248 g/mol. The molecular weight excluding hydrogens is 224 g/mol. The maximum absolute atomic E-state index is 6.10. The first-order valence-electron chi connectivity index (χ1n) is 6.68. The Balaban J connectivity index is 2.25. The Morgan fingerprint density at radius 3 is 2.67 bits per heavy atom. The molecule has 0 bridgehead atoms. The van der Waals surface area contributed by atoms with Crippen molar-refractivity contribution in [2.24, 2.45) is 17.6 Å². The van der Waals surface area contributed by atoms with Gasteiger partial charge in [0, 0.05) is 30.9 Å². The van der Waals surface area contributed by atoms with E-state index < -0.39 is 0 Å². The number of hydrogen-bond donors (Lipinski definition) is 1. The van der Waals surface area contributed by atoms with Crippen LogP contribution in [0.3, 0.4) is 0 Å². The number of methoxy groups -OCH3 is 1. The minimum atomic E-state index is -0.0183. The van der Waals surface area contributed by atoms with Crippen LogP contribution in [0.25, 0.3) is 0 Å². The molecule has 2 N–H and O–H groups in total. The summed E-state index contributed by atoms with van der Waals surface area (Å²) >= 11 is 0. The summed E-state index contributed by atoms with van der Waals surface area (Å²) in [6, 6.07) is 6.13. The van der Waals surface area contributed by atoms with Gasteiger partial charge in [0.05, 0.1) is 7.11 Å². The molecule has 1 aliphatic rings. The third-order valence-electron chi connectivity index (χ3n) is 3.91. The summed E-state index contributed by atoms with van der Waals surface area (Å²) in [7, 11) is 3.85. The Kier molecular flexibility index (Phi) is 3.81. The first kappa shape index (κ1) is 13.2. The van der Waals surface area contributed by atoms with Crippen molar-refractivity contribution in [1.29, 1.82) is 0 Å². The smallest absolute Gasteiger partial charge is 0.125 e. The molecule has 100 valence electrons. The zero-order chi connectivity index (χ0) is 13.3. The predicted molar refractivity (Wildman–Crippen MR) is 76.1 cm³/mol. The lowest BCUT2D eigenvalue weighted by Gasteiger charge is -2.25. The Morgan fingerprint density at radius 2 is 2.17 bits per heavy atom. The highest BCUT2D eigenvalue weighted by Crippen LogP contribution is 2.40. The molecule has 3 atom stereocenters. The Morgan fingerprint density at radius 1 is 1.50 bits per heavy atom. The summed E-state index contributed by atoms with van der Waals surface area (Å²) < 4.78 is 5.43. The molecule has 0 saturated heterocycles. The predicted octanol–water partition coefficient (Wildman–Crippen LogP) is 2.81. The molecule has 1 aromatic rings. The number of anilines is 1. The molecule has 0 radical (unpaired) electrons. The van der Waals surface area contributed by atoms with Crippen molar-refractivity contribution in [2.45, 2.75) is 26.3 Å². The van der Waals surface area contributed by atoms with Crippen molar-refractivity contribution < 1.29 is 4.74 Å². The molecule has 1 aliphatic carbocycles. The van der Waals surface area contributed by atoms with Gasteiger partial charge in [0.15, 0.2) is 0 Å². The SMILES string of the molecule is COc1cccc(N(C)CC2CC2C)c1C(C)N. The number of nitrogens with two attached hydrogens (primary N) is 1. The van der Waals surface area contributed by atoms with E-state index in [9.17, 15) is 0 Å². The van der Waals surface area contributed by atoms with Gasteiger partial charge >= 0.3 is 0 Å². The topological polar surface area (TPSA) is 38.5 Å². The first-order valence-corrected chi connectivity index (χ1v) is 6.68. The molecule has 3 heteroatoms. The second kappa shape index (κ2) is 5.19. The van der Waals surface area contributed by atoms with Gasteiger partial charge in [-0.2, -0.15) is 0 Å². The lowest BCUT2D eigenvalue weighted by Crippen LogP contribution is -2.23. The van der Waals surface area contributed by atoms with E-state index >= 15 is 0 Å². The van der Waals surface area contributed by atoms with Crippen molar-refractivity contribution in [3.05, 3.63) is 23.8 Å². The van der Waals surface area contributed by atoms with E-state index in [1.54, 1.807) is 7.11 Å². The van der Waals surface area contributed by atoms with Crippen LogP contribution in [0.4, 0.5) is 5.69 Å². The number of hydrogen-bond acceptors (Lipinski definition) is 3. The molecule has 0 heterocycles. The lowest BCUT2D eigenvalue weighted by molar-refractivity contribution is 0.407. The quantitative estimate of drug-likeness (QED) is 0.871. The molecule has 0 spiro atoms. The molecule has 2 rings (SSSR count). The molecule has 0 aliphatic heterocycles. The van der Waals surface area contributed by atoms with E-state index in [-0.39, 0.29) is 6.04 Å². The fourth-order valence-corrected chi connectivity index (χ4v) is 2.60. The summed E-state index contributed by atoms with van der Waals surface area (Å²) in [5.74, 6) is 2.59. The van der Waals surface area contributed by atoms with Crippen LogP contribution in [0.15, 0.2) is 18.2 Å². The highest BCUT2D eigenvalue weighted by molar-refractivity contribution is 5.60. The summed E-state index contributed by atoms with van der Waals surface area (Å²) in [6.45, 7) is 5.43. The molecule has 1 aromatic carbocycles. The van der Waals surface area contributed by atoms with E-state index in [1.807, 2.05) is 19.1 Å². The van der Waals surface area contributed by atoms with Crippen LogP contribution in [0.1, 0.15) is 31.9 Å². The van der Waals surface area contributed by atoms with Gasteiger partial charge in [-0.25, -0.2) is 0 Å². The average Bonchev–Trinajstić information content (AvgIpc) is 3.03. The number of rotatable bonds is 5. The van der Waals surface area contributed by atoms with Crippen LogP contribution in [0.2, 0.25) is 0 Å². The van der Waals surface area contributed by atoms with Crippen LogP contribution < -0.4 is 15.4 Å². The standard InChI is InChI=1S/C15H24N2O/c1-10-8-12(10)9-17(3)13-6-5-7-14(18-4)15(13)11(2)16/h5-7,10-12H,8-9,16H2,1-4H3. The minimum Gasteiger partial charge on any atom is -0.496 e. The van der Waals surface area contributed by atoms with E-state index in [0.29, 0.717) is 0 Å². The molecule has 0 aromatic heterocycles. The van der Waals surface area contributed by atoms with Crippen molar-refractivity contribution in [1.82, 2.24) is 0 Å². The fourth-order valence-electron chi connectivity index (χ4n) is 2.60. The fraction of sp³-hybridized carbons (Fsp3) is 0.600. The van der Waals surface area contributed by atoms with Gasteiger partial charge in [-0.3, -0.25) is 0 Å². The van der Waals surface area contributed by atoms with Crippen molar-refractivity contribution in [3.63, 3.8) is 0 Å². The second-order valence-corrected chi connectivity index (χ2v) is 5.54. The van der Waals surface area contributed by atoms with E-state index in [1.165, 1.54) is 12.1 Å². The third kappa shape index (κ3) is 2.61. The van der Waals surface area contributed by atoms with Crippen LogP contribution in [0, 0.1) is 11.8 Å². The summed E-state index contributed by atoms with van der Waals surface area (Å²) in [5.41, 5.74) is 8.40. The first-order chi connectivity index (χ1) is 8.54. The molecule has 0 amide bonds. The van der Waals surface area contributed by atoms with Crippen molar-refractivity contribution >= 4 is 5.69 Å². The number of nitrogens with zero attached hydrogens (tertiary/aromatic N) is 1. The maximum atomic E-state index is 6.10. The Labute approximate surface area is 110 Å². The van der Waals surface area contributed by atoms with Crippen molar-refractivity contribution in [3.8, 4) is 5.75 Å². The molecule has 1 saturated carbocycles. The van der Waals surface area contributed by atoms with Gasteiger partial charge in [0.1, 0.15) is 5.75 Å². The highest BCUT2D eigenvalue weighted by atomic mass is 16.5. The monoisotopic (exact) mass is 248 g/mol. The van der Waals surface area contributed by atoms with Crippen LogP contribution in [0.5, 0.6) is 5.75 Å².